The first-order valence-corrected chi connectivity index (χ1v) is 12.8. The molecule has 2 fully saturated rings. The number of amides is 2. The quantitative estimate of drug-likeness (QED) is 0.672. The molecular weight excluding hydrogens is 428 g/mol. The molecule has 2 aromatic rings. The van der Waals surface area contributed by atoms with Gasteiger partial charge in [-0.2, -0.15) is 0 Å². The summed E-state index contributed by atoms with van der Waals surface area (Å²) in [6.07, 6.45) is 7.99. The number of nitrogens with one attached hydrogen (secondary N) is 2. The SMILES string of the molecule is Cn1cc(C[C@H](NC(=O)OC(C)(C)C)C(=O)NC[C@H]2CCCN3CCCC[C@@H]23)c2ccccc21. The van der Waals surface area contributed by atoms with E-state index in [0.717, 1.165) is 22.9 Å². The summed E-state index contributed by atoms with van der Waals surface area (Å²) in [6.45, 7) is 8.49. The normalized spacial score (nSPS) is 22.1. The molecule has 2 aliphatic heterocycles. The Bertz CT molecular complexity index is 1010. The van der Waals surface area contributed by atoms with Crippen molar-refractivity contribution >= 4 is 22.9 Å². The first-order chi connectivity index (χ1) is 16.2. The van der Waals surface area contributed by atoms with Crippen molar-refractivity contribution < 1.29 is 14.3 Å². The molecule has 1 aromatic heterocycles. The van der Waals surface area contributed by atoms with Crippen LogP contribution in [0.5, 0.6) is 0 Å². The Labute approximate surface area is 203 Å². The molecular formula is C27H40N4O3. The molecule has 34 heavy (non-hydrogen) atoms. The summed E-state index contributed by atoms with van der Waals surface area (Å²) in [5, 5.41) is 7.13. The molecule has 186 valence electrons. The summed E-state index contributed by atoms with van der Waals surface area (Å²) in [5.41, 5.74) is 1.51. The Morgan fingerprint density at radius 1 is 1.12 bits per heavy atom. The summed E-state index contributed by atoms with van der Waals surface area (Å²) in [4.78, 5) is 28.6. The van der Waals surface area contributed by atoms with Gasteiger partial charge in [0.2, 0.25) is 5.91 Å². The molecule has 2 N–H and O–H groups in total. The van der Waals surface area contributed by atoms with E-state index >= 15 is 0 Å². The highest BCUT2D eigenvalue weighted by molar-refractivity contribution is 5.88. The minimum atomic E-state index is -0.702. The highest BCUT2D eigenvalue weighted by Crippen LogP contribution is 2.30. The Kier molecular flexibility index (Phi) is 7.51. The Morgan fingerprint density at radius 2 is 1.88 bits per heavy atom. The highest BCUT2D eigenvalue weighted by atomic mass is 16.6. The number of piperidine rings is 2. The molecule has 1 aromatic carbocycles. The van der Waals surface area contributed by atoms with Gasteiger partial charge in [-0.3, -0.25) is 4.79 Å². The lowest BCUT2D eigenvalue weighted by molar-refractivity contribution is -0.123. The van der Waals surface area contributed by atoms with Crippen LogP contribution in [-0.2, 0) is 23.0 Å². The number of rotatable bonds is 6. The van der Waals surface area contributed by atoms with Gasteiger partial charge >= 0.3 is 6.09 Å². The predicted molar refractivity (Wildman–Crippen MR) is 135 cm³/mol. The van der Waals surface area contributed by atoms with Crippen molar-refractivity contribution in [3.8, 4) is 0 Å². The van der Waals surface area contributed by atoms with Crippen molar-refractivity contribution in [1.29, 1.82) is 0 Å². The van der Waals surface area contributed by atoms with Crippen molar-refractivity contribution in [2.24, 2.45) is 13.0 Å². The van der Waals surface area contributed by atoms with Gasteiger partial charge in [0.15, 0.2) is 0 Å². The van der Waals surface area contributed by atoms with Gasteiger partial charge in [-0.05, 0) is 77.1 Å². The third kappa shape index (κ3) is 5.93. The van der Waals surface area contributed by atoms with Crippen molar-refractivity contribution in [2.75, 3.05) is 19.6 Å². The number of hydrogen-bond donors (Lipinski definition) is 2. The maximum Gasteiger partial charge on any atom is 0.408 e. The van der Waals surface area contributed by atoms with Gasteiger partial charge in [0.25, 0.3) is 0 Å². The standard InChI is InChI=1S/C27H40N4O3/c1-27(2,3)34-26(33)29-22(16-20-18-30(4)24-13-6-5-11-21(20)24)25(32)28-17-19-10-9-15-31-14-8-7-12-23(19)31/h5-6,11,13,18-19,22-23H,7-10,12,14-17H2,1-4H3,(H,28,32)(H,29,33)/t19-,22+,23+/m1/s1. The van der Waals surface area contributed by atoms with Gasteiger partial charge in [0.1, 0.15) is 11.6 Å². The minimum Gasteiger partial charge on any atom is -0.444 e. The van der Waals surface area contributed by atoms with Gasteiger partial charge in [-0.25, -0.2) is 4.79 Å². The molecule has 0 bridgehead atoms. The number of nitrogens with zero attached hydrogens (tertiary/aromatic N) is 2. The van der Waals surface area contributed by atoms with E-state index in [2.05, 4.69) is 32.2 Å². The lowest BCUT2D eigenvalue weighted by Gasteiger charge is -2.44. The zero-order chi connectivity index (χ0) is 24.3. The van der Waals surface area contributed by atoms with Crippen LogP contribution < -0.4 is 10.6 Å². The first kappa shape index (κ1) is 24.6. The molecule has 2 aliphatic rings. The second-order valence-corrected chi connectivity index (χ2v) is 10.9. The highest BCUT2D eigenvalue weighted by Gasteiger charge is 2.34. The van der Waals surface area contributed by atoms with Gasteiger partial charge < -0.3 is 24.8 Å². The van der Waals surface area contributed by atoms with Gasteiger partial charge in [-0.1, -0.05) is 24.6 Å². The average molecular weight is 469 g/mol. The molecule has 3 atom stereocenters. The van der Waals surface area contributed by atoms with E-state index in [9.17, 15) is 9.59 Å². The van der Waals surface area contributed by atoms with Crippen LogP contribution in [0.15, 0.2) is 30.5 Å². The fourth-order valence-electron chi connectivity index (χ4n) is 5.64. The molecule has 0 aliphatic carbocycles. The smallest absolute Gasteiger partial charge is 0.408 e. The van der Waals surface area contributed by atoms with Crippen LogP contribution in [0, 0.1) is 5.92 Å². The maximum absolute atomic E-state index is 13.4. The van der Waals surface area contributed by atoms with Crippen molar-refractivity contribution in [2.45, 2.75) is 77.0 Å². The molecule has 4 rings (SSSR count). The number of hydrogen-bond acceptors (Lipinski definition) is 4. The summed E-state index contributed by atoms with van der Waals surface area (Å²) in [7, 11) is 2.00. The lowest BCUT2D eigenvalue weighted by Crippen LogP contribution is -2.54. The zero-order valence-electron chi connectivity index (χ0n) is 21.1. The van der Waals surface area contributed by atoms with Crippen molar-refractivity contribution in [1.82, 2.24) is 20.1 Å². The number of aryl methyl sites for hydroxylation is 1. The topological polar surface area (TPSA) is 75.6 Å². The Hall–Kier alpha value is -2.54. The van der Waals surface area contributed by atoms with Crippen LogP contribution in [0.1, 0.15) is 58.4 Å². The van der Waals surface area contributed by atoms with Crippen LogP contribution >= 0.6 is 0 Å². The van der Waals surface area contributed by atoms with Crippen LogP contribution in [-0.4, -0.2) is 58.8 Å². The van der Waals surface area contributed by atoms with E-state index in [1.165, 1.54) is 38.8 Å². The van der Waals surface area contributed by atoms with Crippen LogP contribution in [0.3, 0.4) is 0 Å². The van der Waals surface area contributed by atoms with Crippen LogP contribution in [0.25, 0.3) is 10.9 Å². The van der Waals surface area contributed by atoms with Gasteiger partial charge in [-0.15, -0.1) is 0 Å². The summed E-state index contributed by atoms with van der Waals surface area (Å²) >= 11 is 0. The summed E-state index contributed by atoms with van der Waals surface area (Å²) < 4.78 is 7.53. The molecule has 0 unspecified atom stereocenters. The summed E-state index contributed by atoms with van der Waals surface area (Å²) in [5.74, 6) is 0.324. The lowest BCUT2D eigenvalue weighted by atomic mass is 9.83. The molecule has 0 radical (unpaired) electrons. The first-order valence-electron chi connectivity index (χ1n) is 12.8. The van der Waals surface area contributed by atoms with Gasteiger partial charge in [0, 0.05) is 43.2 Å². The van der Waals surface area contributed by atoms with E-state index in [1.807, 2.05) is 46.1 Å². The third-order valence-corrected chi connectivity index (χ3v) is 7.18. The van der Waals surface area contributed by atoms with Crippen LogP contribution in [0.2, 0.25) is 0 Å². The molecule has 2 saturated heterocycles. The van der Waals surface area contributed by atoms with E-state index < -0.39 is 17.7 Å². The maximum atomic E-state index is 13.4. The van der Waals surface area contributed by atoms with E-state index in [1.54, 1.807) is 0 Å². The number of para-hydroxylation sites is 1. The third-order valence-electron chi connectivity index (χ3n) is 7.18. The van der Waals surface area contributed by atoms with E-state index in [0.29, 0.717) is 24.9 Å². The molecule has 0 spiro atoms. The summed E-state index contributed by atoms with van der Waals surface area (Å²) in [6, 6.07) is 8.00. The van der Waals surface area contributed by atoms with Gasteiger partial charge in [0.05, 0.1) is 0 Å². The fourth-order valence-corrected chi connectivity index (χ4v) is 5.64. The Balaban J connectivity index is 1.47. The van der Waals surface area contributed by atoms with Crippen molar-refractivity contribution in [3.63, 3.8) is 0 Å². The predicted octanol–water partition coefficient (Wildman–Crippen LogP) is 3.99. The molecule has 3 heterocycles. The molecule has 2 amide bonds. The number of fused-ring (bicyclic) bond motifs is 2. The molecule has 0 saturated carbocycles. The minimum absolute atomic E-state index is 0.147. The molecule has 7 nitrogen and oxygen atoms in total. The Morgan fingerprint density at radius 3 is 2.68 bits per heavy atom. The average Bonchev–Trinajstić information content (AvgIpc) is 3.11. The number of alkyl carbamates (subject to hydrolysis) is 1. The number of carbonyl (C=O) groups excluding carboxylic acids is 2. The number of aromatic nitrogens is 1. The second kappa shape index (κ2) is 10.4. The monoisotopic (exact) mass is 468 g/mol. The molecule has 7 heteroatoms. The largest absolute Gasteiger partial charge is 0.444 e. The number of ether oxygens (including phenoxy) is 1. The zero-order valence-corrected chi connectivity index (χ0v) is 21.1. The fraction of sp³-hybridized carbons (Fsp3) is 0.630. The van der Waals surface area contributed by atoms with Crippen molar-refractivity contribution in [3.05, 3.63) is 36.0 Å². The second-order valence-electron chi connectivity index (χ2n) is 10.9. The number of carbonyl (C=O) groups is 2. The van der Waals surface area contributed by atoms with E-state index in [-0.39, 0.29) is 5.91 Å². The van der Waals surface area contributed by atoms with Crippen LogP contribution in [0.4, 0.5) is 4.79 Å². The number of benzene rings is 1. The van der Waals surface area contributed by atoms with E-state index in [4.69, 9.17) is 4.74 Å².